The second kappa shape index (κ2) is 8.48. The summed E-state index contributed by atoms with van der Waals surface area (Å²) >= 11 is 0. The molecule has 3 heterocycles. The number of nitrogens with zero attached hydrogens (tertiary/aromatic N) is 3. The van der Waals surface area contributed by atoms with Gasteiger partial charge in [0.1, 0.15) is 17.7 Å². The van der Waals surface area contributed by atoms with Gasteiger partial charge in [-0.1, -0.05) is 0 Å². The van der Waals surface area contributed by atoms with Gasteiger partial charge in [-0.15, -0.1) is 0 Å². The first kappa shape index (κ1) is 18.6. The molecular weight excluding hydrogens is 356 g/mol. The number of nitrogens with one attached hydrogen (secondary N) is 1. The van der Waals surface area contributed by atoms with Gasteiger partial charge < -0.3 is 24.6 Å². The Morgan fingerprint density at radius 3 is 2.32 bits per heavy atom. The number of anilines is 3. The highest BCUT2D eigenvalue weighted by Gasteiger charge is 2.24. The summed E-state index contributed by atoms with van der Waals surface area (Å²) in [5, 5.41) is 2.84. The zero-order valence-corrected chi connectivity index (χ0v) is 16.1. The maximum Gasteiger partial charge on any atom is 0.254 e. The Bertz CT molecular complexity index is 780. The van der Waals surface area contributed by atoms with E-state index in [9.17, 15) is 4.79 Å². The number of amides is 1. The highest BCUT2D eigenvalue weighted by Crippen LogP contribution is 2.23. The lowest BCUT2D eigenvalue weighted by atomic mass is 10.2. The fourth-order valence-corrected chi connectivity index (χ4v) is 3.65. The summed E-state index contributed by atoms with van der Waals surface area (Å²) in [6.07, 6.45) is 3.20. The molecule has 1 N–H and O–H groups in total. The molecule has 2 saturated heterocycles. The van der Waals surface area contributed by atoms with Gasteiger partial charge in [-0.3, -0.25) is 4.79 Å². The van der Waals surface area contributed by atoms with Crippen LogP contribution in [0.15, 0.2) is 42.6 Å². The third-order valence-corrected chi connectivity index (χ3v) is 5.30. The molecule has 1 amide bonds. The zero-order chi connectivity index (χ0) is 19.3. The highest BCUT2D eigenvalue weighted by atomic mass is 16.5. The van der Waals surface area contributed by atoms with Crippen LogP contribution in [-0.2, 0) is 9.53 Å². The molecule has 2 fully saturated rings. The number of carbonyl (C=O) groups excluding carboxylic acids is 1. The lowest BCUT2D eigenvalue weighted by Gasteiger charge is -2.37. The summed E-state index contributed by atoms with van der Waals surface area (Å²) in [6, 6.07) is 12.1. The molecule has 1 unspecified atom stereocenters. The van der Waals surface area contributed by atoms with Crippen LogP contribution in [0.4, 0.5) is 17.2 Å². The van der Waals surface area contributed by atoms with Crippen molar-refractivity contribution in [3.63, 3.8) is 0 Å². The Kier molecular flexibility index (Phi) is 5.62. The van der Waals surface area contributed by atoms with E-state index in [0.717, 1.165) is 50.5 Å². The minimum atomic E-state index is -0.340. The maximum atomic E-state index is 12.1. The average Bonchev–Trinajstić information content (AvgIpc) is 3.30. The van der Waals surface area contributed by atoms with Gasteiger partial charge in [0.25, 0.3) is 5.91 Å². The van der Waals surface area contributed by atoms with Crippen LogP contribution in [0.3, 0.4) is 0 Å². The van der Waals surface area contributed by atoms with E-state index in [1.165, 1.54) is 5.69 Å². The van der Waals surface area contributed by atoms with E-state index in [2.05, 4.69) is 32.2 Å². The first-order chi connectivity index (χ1) is 13.7. The molecule has 2 aliphatic rings. The lowest BCUT2D eigenvalue weighted by molar-refractivity contribution is -0.124. The third kappa shape index (κ3) is 4.20. The highest BCUT2D eigenvalue weighted by molar-refractivity contribution is 5.93. The Morgan fingerprint density at radius 2 is 1.75 bits per heavy atom. The predicted molar refractivity (Wildman–Crippen MR) is 109 cm³/mol. The molecular formula is C21H26N4O3. The molecule has 28 heavy (non-hydrogen) atoms. The van der Waals surface area contributed by atoms with E-state index >= 15 is 0 Å². The number of aromatic nitrogens is 1. The van der Waals surface area contributed by atoms with Gasteiger partial charge in [0, 0.05) is 38.5 Å². The molecule has 0 spiro atoms. The van der Waals surface area contributed by atoms with Crippen molar-refractivity contribution in [1.29, 1.82) is 0 Å². The first-order valence-electron chi connectivity index (χ1n) is 9.75. The second-order valence-corrected chi connectivity index (χ2v) is 7.06. The molecule has 7 heteroatoms. The molecule has 0 saturated carbocycles. The minimum Gasteiger partial charge on any atom is -0.497 e. The van der Waals surface area contributed by atoms with Crippen molar-refractivity contribution in [1.82, 2.24) is 4.98 Å². The monoisotopic (exact) mass is 382 g/mol. The smallest absolute Gasteiger partial charge is 0.254 e. The van der Waals surface area contributed by atoms with Gasteiger partial charge >= 0.3 is 0 Å². The number of rotatable bonds is 5. The van der Waals surface area contributed by atoms with Crippen molar-refractivity contribution in [3.05, 3.63) is 42.6 Å². The predicted octanol–water partition coefficient (Wildman–Crippen LogP) is 2.53. The van der Waals surface area contributed by atoms with Crippen LogP contribution in [0.25, 0.3) is 0 Å². The van der Waals surface area contributed by atoms with Crippen LogP contribution in [0.1, 0.15) is 12.8 Å². The number of carbonyl (C=O) groups is 1. The van der Waals surface area contributed by atoms with Gasteiger partial charge in [0.15, 0.2) is 0 Å². The summed E-state index contributed by atoms with van der Waals surface area (Å²) < 4.78 is 10.6. The summed E-state index contributed by atoms with van der Waals surface area (Å²) in [5.41, 5.74) is 2.29. The Balaban J connectivity index is 1.31. The fraction of sp³-hybridized carbons (Fsp3) is 0.429. The zero-order valence-electron chi connectivity index (χ0n) is 16.1. The van der Waals surface area contributed by atoms with E-state index in [-0.39, 0.29) is 12.0 Å². The SMILES string of the molecule is COc1ccc(N2CCN(c3ccc(NC(=O)C4CCCO4)nc3)CC2)cc1. The average molecular weight is 382 g/mol. The third-order valence-electron chi connectivity index (χ3n) is 5.30. The molecule has 0 bridgehead atoms. The Hall–Kier alpha value is -2.80. The van der Waals surface area contributed by atoms with Gasteiger partial charge in [-0.25, -0.2) is 4.98 Å². The molecule has 2 aromatic rings. The van der Waals surface area contributed by atoms with Crippen LogP contribution in [-0.4, -0.2) is 56.9 Å². The molecule has 1 atom stereocenters. The Labute approximate surface area is 165 Å². The van der Waals surface area contributed by atoms with Crippen molar-refractivity contribution in [2.45, 2.75) is 18.9 Å². The van der Waals surface area contributed by atoms with Gasteiger partial charge in [-0.2, -0.15) is 0 Å². The number of hydrogen-bond acceptors (Lipinski definition) is 6. The van der Waals surface area contributed by atoms with E-state index in [4.69, 9.17) is 9.47 Å². The summed E-state index contributed by atoms with van der Waals surface area (Å²) in [5.74, 6) is 1.34. The number of benzene rings is 1. The van der Waals surface area contributed by atoms with E-state index < -0.39 is 0 Å². The summed E-state index contributed by atoms with van der Waals surface area (Å²) in [7, 11) is 1.68. The number of hydrogen-bond donors (Lipinski definition) is 1. The molecule has 2 aliphatic heterocycles. The molecule has 148 valence electrons. The van der Waals surface area contributed by atoms with E-state index in [1.54, 1.807) is 7.11 Å². The molecule has 1 aromatic heterocycles. The fourth-order valence-electron chi connectivity index (χ4n) is 3.65. The maximum absolute atomic E-state index is 12.1. The number of methoxy groups -OCH3 is 1. The van der Waals surface area contributed by atoms with Crippen molar-refractivity contribution in [2.24, 2.45) is 0 Å². The largest absolute Gasteiger partial charge is 0.497 e. The second-order valence-electron chi connectivity index (χ2n) is 7.06. The van der Waals surface area contributed by atoms with Crippen molar-refractivity contribution < 1.29 is 14.3 Å². The summed E-state index contributed by atoms with van der Waals surface area (Å²) in [6.45, 7) is 4.41. The molecule has 4 rings (SSSR count). The quantitative estimate of drug-likeness (QED) is 0.857. The molecule has 0 aliphatic carbocycles. The number of ether oxygens (including phenoxy) is 2. The first-order valence-corrected chi connectivity index (χ1v) is 9.75. The van der Waals surface area contributed by atoms with E-state index in [0.29, 0.717) is 12.4 Å². The van der Waals surface area contributed by atoms with Crippen LogP contribution in [0.2, 0.25) is 0 Å². The van der Waals surface area contributed by atoms with Crippen LogP contribution in [0.5, 0.6) is 5.75 Å². The normalized spacial score (nSPS) is 19.5. The lowest BCUT2D eigenvalue weighted by Crippen LogP contribution is -2.46. The van der Waals surface area contributed by atoms with Gasteiger partial charge in [0.05, 0.1) is 19.0 Å². The van der Waals surface area contributed by atoms with Crippen LogP contribution < -0.4 is 19.9 Å². The van der Waals surface area contributed by atoms with Crippen LogP contribution >= 0.6 is 0 Å². The number of piperazine rings is 1. The van der Waals surface area contributed by atoms with E-state index in [1.807, 2.05) is 30.5 Å². The van der Waals surface area contributed by atoms with Gasteiger partial charge in [0.2, 0.25) is 0 Å². The van der Waals surface area contributed by atoms with Crippen LogP contribution in [0, 0.1) is 0 Å². The van der Waals surface area contributed by atoms with Crippen molar-refractivity contribution in [2.75, 3.05) is 55.0 Å². The van der Waals surface area contributed by atoms with Gasteiger partial charge in [-0.05, 0) is 49.2 Å². The molecule has 7 nitrogen and oxygen atoms in total. The Morgan fingerprint density at radius 1 is 1.07 bits per heavy atom. The number of pyridine rings is 1. The minimum absolute atomic E-state index is 0.106. The standard InChI is InChI=1S/C21H26N4O3/c1-27-18-7-4-16(5-8-18)24-10-12-25(13-11-24)17-6-9-20(22-15-17)23-21(26)19-3-2-14-28-19/h4-9,15,19H,2-3,10-14H2,1H3,(H,22,23,26). The summed E-state index contributed by atoms with van der Waals surface area (Å²) in [4.78, 5) is 21.2. The van der Waals surface area contributed by atoms with Crippen molar-refractivity contribution >= 4 is 23.1 Å². The molecule has 1 aromatic carbocycles. The topological polar surface area (TPSA) is 66.9 Å². The molecule has 0 radical (unpaired) electrons. The van der Waals surface area contributed by atoms with Crippen molar-refractivity contribution in [3.8, 4) is 5.75 Å².